The van der Waals surface area contributed by atoms with Crippen molar-refractivity contribution in [1.29, 1.82) is 0 Å². The molecular formula is C20H29BO2. The van der Waals surface area contributed by atoms with E-state index >= 15 is 0 Å². The first-order valence-corrected chi connectivity index (χ1v) is 8.61. The normalized spacial score (nSPS) is 20.1. The van der Waals surface area contributed by atoms with Crippen LogP contribution < -0.4 is 0 Å². The molecule has 1 aliphatic heterocycles. The van der Waals surface area contributed by atoms with E-state index in [1.54, 1.807) is 0 Å². The van der Waals surface area contributed by atoms with Crippen LogP contribution in [0, 0.1) is 0 Å². The maximum Gasteiger partial charge on any atom is 0.465 e. The lowest BCUT2D eigenvalue weighted by atomic mass is 9.69. The molecule has 0 amide bonds. The smallest absolute Gasteiger partial charge is 0.403 e. The highest BCUT2D eigenvalue weighted by atomic mass is 16.7. The van der Waals surface area contributed by atoms with E-state index in [1.165, 1.54) is 12.0 Å². The second-order valence-corrected chi connectivity index (χ2v) is 7.39. The quantitative estimate of drug-likeness (QED) is 0.391. The summed E-state index contributed by atoms with van der Waals surface area (Å²) >= 11 is 0. The molecule has 0 radical (unpaired) electrons. The summed E-state index contributed by atoms with van der Waals surface area (Å²) in [7, 11) is -0.203. The Morgan fingerprint density at radius 1 is 1.09 bits per heavy atom. The molecule has 0 aliphatic carbocycles. The van der Waals surface area contributed by atoms with E-state index < -0.39 is 0 Å². The Morgan fingerprint density at radius 3 is 2.26 bits per heavy atom. The van der Waals surface area contributed by atoms with Gasteiger partial charge in [0.1, 0.15) is 0 Å². The first-order chi connectivity index (χ1) is 10.9. The zero-order chi connectivity index (χ0) is 16.9. The summed E-state index contributed by atoms with van der Waals surface area (Å²) in [5, 5.41) is 0. The number of aryl methyl sites for hydroxylation is 1. The molecule has 0 saturated carbocycles. The Kier molecular flexibility index (Phi) is 5.92. The van der Waals surface area contributed by atoms with Crippen LogP contribution in [0.4, 0.5) is 0 Å². The van der Waals surface area contributed by atoms with E-state index in [9.17, 15) is 0 Å². The fourth-order valence-corrected chi connectivity index (χ4v) is 2.87. The van der Waals surface area contributed by atoms with E-state index in [0.29, 0.717) is 0 Å². The summed E-state index contributed by atoms with van der Waals surface area (Å²) in [6.07, 6.45) is 6.47. The Hall–Kier alpha value is -1.28. The topological polar surface area (TPSA) is 18.5 Å². The van der Waals surface area contributed by atoms with Crippen molar-refractivity contribution in [3.63, 3.8) is 0 Å². The van der Waals surface area contributed by atoms with Crippen molar-refractivity contribution in [2.75, 3.05) is 0 Å². The average molecular weight is 312 g/mol. The monoisotopic (exact) mass is 312 g/mol. The van der Waals surface area contributed by atoms with Crippen LogP contribution in [0.1, 0.15) is 52.5 Å². The van der Waals surface area contributed by atoms with Gasteiger partial charge in [0.2, 0.25) is 0 Å². The highest BCUT2D eigenvalue weighted by Gasteiger charge is 2.53. The summed E-state index contributed by atoms with van der Waals surface area (Å²) in [6, 6.07) is 10.6. The molecule has 2 rings (SSSR count). The third-order valence-corrected chi connectivity index (χ3v) is 5.05. The van der Waals surface area contributed by atoms with Gasteiger partial charge in [0.25, 0.3) is 0 Å². The number of rotatable bonds is 7. The number of hydrogen-bond acceptors (Lipinski definition) is 2. The molecular weight excluding hydrogens is 283 g/mol. The van der Waals surface area contributed by atoms with Crippen LogP contribution in [0.25, 0.3) is 0 Å². The molecule has 1 heterocycles. The molecule has 1 aromatic carbocycles. The highest BCUT2D eigenvalue weighted by molar-refractivity contribution is 6.48. The molecule has 0 aromatic heterocycles. The van der Waals surface area contributed by atoms with Crippen LogP contribution in [-0.2, 0) is 15.7 Å². The summed E-state index contributed by atoms with van der Waals surface area (Å²) in [5.41, 5.74) is 3.76. The molecule has 3 heteroatoms. The average Bonchev–Trinajstić information content (AvgIpc) is 2.72. The Labute approximate surface area is 141 Å². The molecule has 1 atom stereocenters. The number of allylic oxidation sites excluding steroid dienone is 1. The third kappa shape index (κ3) is 4.60. The van der Waals surface area contributed by atoms with E-state index in [4.69, 9.17) is 9.31 Å². The van der Waals surface area contributed by atoms with Gasteiger partial charge >= 0.3 is 7.12 Å². The number of unbranched alkanes of at least 4 members (excludes halogenated alkanes) is 1. The van der Waals surface area contributed by atoms with Gasteiger partial charge in [-0.1, -0.05) is 43.3 Å². The van der Waals surface area contributed by atoms with Gasteiger partial charge in [0, 0.05) is 5.82 Å². The standard InChI is InChI=1S/C20H29BO2/c1-6-12-18(21-22-19(2,3)20(4,5)23-21)16-11-10-15-17-13-8-7-9-14-17/h7-9,12-14,18H,1,10-11,15-16H2,2-5H3. The van der Waals surface area contributed by atoms with Gasteiger partial charge in [0.15, 0.2) is 0 Å². The second-order valence-electron chi connectivity index (χ2n) is 7.39. The first kappa shape index (κ1) is 18.1. The van der Waals surface area contributed by atoms with Gasteiger partial charge in [0.05, 0.1) is 11.2 Å². The number of benzene rings is 1. The molecule has 1 fully saturated rings. The minimum absolute atomic E-state index is 0.203. The van der Waals surface area contributed by atoms with Crippen molar-refractivity contribution in [1.82, 2.24) is 0 Å². The molecule has 124 valence electrons. The molecule has 2 nitrogen and oxygen atoms in total. The summed E-state index contributed by atoms with van der Waals surface area (Å²) in [6.45, 7) is 12.1. The molecule has 1 aliphatic rings. The molecule has 0 N–H and O–H groups in total. The molecule has 1 aromatic rings. The Balaban J connectivity index is 1.86. The van der Waals surface area contributed by atoms with Crippen molar-refractivity contribution in [2.45, 2.75) is 70.4 Å². The van der Waals surface area contributed by atoms with E-state index in [1.807, 2.05) is 6.08 Å². The van der Waals surface area contributed by atoms with Gasteiger partial charge in [-0.3, -0.25) is 0 Å². The minimum atomic E-state index is -0.283. The lowest BCUT2D eigenvalue weighted by Crippen LogP contribution is -2.41. The zero-order valence-corrected chi connectivity index (χ0v) is 15.0. The van der Waals surface area contributed by atoms with Gasteiger partial charge in [-0.05, 0) is 58.6 Å². The predicted octanol–water partition coefficient (Wildman–Crippen LogP) is 5.20. The lowest BCUT2D eigenvalue weighted by Gasteiger charge is -2.32. The third-order valence-electron chi connectivity index (χ3n) is 5.05. The summed E-state index contributed by atoms with van der Waals surface area (Å²) < 4.78 is 12.3. The largest absolute Gasteiger partial charge is 0.465 e. The molecule has 1 saturated heterocycles. The van der Waals surface area contributed by atoms with Crippen LogP contribution >= 0.6 is 0 Å². The van der Waals surface area contributed by atoms with Gasteiger partial charge < -0.3 is 9.31 Å². The molecule has 0 spiro atoms. The molecule has 23 heavy (non-hydrogen) atoms. The highest BCUT2D eigenvalue weighted by Crippen LogP contribution is 2.41. The first-order valence-electron chi connectivity index (χ1n) is 8.61. The summed E-state index contributed by atoms with van der Waals surface area (Å²) in [4.78, 5) is 0. The van der Waals surface area contributed by atoms with Gasteiger partial charge in [-0.15, -0.1) is 5.73 Å². The van der Waals surface area contributed by atoms with Crippen LogP contribution in [0.3, 0.4) is 0 Å². The predicted molar refractivity (Wildman–Crippen MR) is 97.5 cm³/mol. The second kappa shape index (κ2) is 7.53. The van der Waals surface area contributed by atoms with Crippen molar-refractivity contribution < 1.29 is 9.31 Å². The van der Waals surface area contributed by atoms with E-state index in [-0.39, 0.29) is 24.1 Å². The van der Waals surface area contributed by atoms with Crippen molar-refractivity contribution in [3.05, 3.63) is 54.3 Å². The summed E-state index contributed by atoms with van der Waals surface area (Å²) in [5.74, 6) is 0.212. The Bertz CT molecular complexity index is 528. The fraction of sp³-hybridized carbons (Fsp3) is 0.550. The molecule has 1 unspecified atom stereocenters. The fourth-order valence-electron chi connectivity index (χ4n) is 2.87. The maximum absolute atomic E-state index is 6.17. The van der Waals surface area contributed by atoms with Crippen LogP contribution in [-0.4, -0.2) is 18.3 Å². The van der Waals surface area contributed by atoms with Crippen molar-refractivity contribution in [2.24, 2.45) is 0 Å². The Morgan fingerprint density at radius 2 is 1.70 bits per heavy atom. The zero-order valence-electron chi connectivity index (χ0n) is 15.0. The lowest BCUT2D eigenvalue weighted by molar-refractivity contribution is 0.00578. The van der Waals surface area contributed by atoms with E-state index in [2.05, 4.69) is 70.3 Å². The maximum atomic E-state index is 6.17. The van der Waals surface area contributed by atoms with Gasteiger partial charge in [-0.25, -0.2) is 0 Å². The van der Waals surface area contributed by atoms with Crippen molar-refractivity contribution >= 4 is 7.12 Å². The van der Waals surface area contributed by atoms with Crippen LogP contribution in [0.5, 0.6) is 0 Å². The SMILES string of the molecule is C=C=CC(CCCCc1ccccc1)B1OC(C)(C)C(C)(C)O1. The van der Waals surface area contributed by atoms with Crippen LogP contribution in [0.15, 0.2) is 48.7 Å². The van der Waals surface area contributed by atoms with Crippen LogP contribution in [0.2, 0.25) is 5.82 Å². The number of hydrogen-bond donors (Lipinski definition) is 0. The van der Waals surface area contributed by atoms with E-state index in [0.717, 1.165) is 19.3 Å². The minimum Gasteiger partial charge on any atom is -0.403 e. The van der Waals surface area contributed by atoms with Gasteiger partial charge in [-0.2, -0.15) is 0 Å². The molecule has 0 bridgehead atoms. The van der Waals surface area contributed by atoms with Crippen molar-refractivity contribution in [3.8, 4) is 0 Å².